The minimum Gasteiger partial charge on any atom is -0.508 e. The van der Waals surface area contributed by atoms with Crippen LogP contribution in [0.15, 0.2) is 18.2 Å². The summed E-state index contributed by atoms with van der Waals surface area (Å²) in [6.45, 7) is 4.54. The molecule has 0 aromatic heterocycles. The van der Waals surface area contributed by atoms with Gasteiger partial charge in [-0.05, 0) is 37.6 Å². The molecule has 84 valence electrons. The molecule has 16 heavy (non-hydrogen) atoms. The Kier molecular flexibility index (Phi) is 3.96. The molecule has 0 radical (unpaired) electrons. The Labute approximate surface area is 95.7 Å². The molecule has 0 aliphatic carbocycles. The third-order valence-electron chi connectivity index (χ3n) is 2.39. The second kappa shape index (κ2) is 5.22. The molecule has 1 amide bonds. The lowest BCUT2D eigenvalue weighted by Gasteiger charge is -2.19. The van der Waals surface area contributed by atoms with Gasteiger partial charge in [-0.1, -0.05) is 5.92 Å². The molecular weight excluding hydrogens is 202 g/mol. The molecule has 3 nitrogen and oxygen atoms in total. The SMILES string of the molecule is C#CCN(CC)C(=O)c1ccc(O)cc1C. The molecule has 0 aliphatic rings. The number of carbonyl (C=O) groups is 1. The van der Waals surface area contributed by atoms with Crippen LogP contribution in [0.1, 0.15) is 22.8 Å². The van der Waals surface area contributed by atoms with Crippen LogP contribution in [0.4, 0.5) is 0 Å². The fraction of sp³-hybridized carbons (Fsp3) is 0.308. The number of carbonyl (C=O) groups excluding carboxylic acids is 1. The summed E-state index contributed by atoms with van der Waals surface area (Å²) in [4.78, 5) is 13.6. The number of benzene rings is 1. The molecule has 0 unspecified atom stereocenters. The zero-order valence-electron chi connectivity index (χ0n) is 9.53. The van der Waals surface area contributed by atoms with E-state index in [2.05, 4.69) is 5.92 Å². The van der Waals surface area contributed by atoms with Crippen LogP contribution < -0.4 is 0 Å². The minimum atomic E-state index is -0.0991. The van der Waals surface area contributed by atoms with Crippen molar-refractivity contribution in [3.8, 4) is 18.1 Å². The quantitative estimate of drug-likeness (QED) is 0.784. The number of hydrogen-bond donors (Lipinski definition) is 1. The summed E-state index contributed by atoms with van der Waals surface area (Å²) in [5, 5.41) is 9.26. The lowest BCUT2D eigenvalue weighted by atomic mass is 10.1. The van der Waals surface area contributed by atoms with Crippen LogP contribution in [-0.4, -0.2) is 29.0 Å². The van der Waals surface area contributed by atoms with Gasteiger partial charge in [0.1, 0.15) is 5.75 Å². The number of aryl methyl sites for hydroxylation is 1. The van der Waals surface area contributed by atoms with Crippen molar-refractivity contribution in [2.45, 2.75) is 13.8 Å². The molecule has 0 bridgehead atoms. The van der Waals surface area contributed by atoms with Gasteiger partial charge in [0.2, 0.25) is 0 Å². The Morgan fingerprint density at radius 2 is 2.25 bits per heavy atom. The Bertz CT molecular complexity index is 432. The van der Waals surface area contributed by atoms with E-state index >= 15 is 0 Å². The number of amides is 1. The molecule has 1 N–H and O–H groups in total. The van der Waals surface area contributed by atoms with Crippen molar-refractivity contribution in [2.75, 3.05) is 13.1 Å². The molecule has 1 rings (SSSR count). The summed E-state index contributed by atoms with van der Waals surface area (Å²) in [6, 6.07) is 4.69. The third kappa shape index (κ3) is 2.54. The van der Waals surface area contributed by atoms with E-state index in [0.29, 0.717) is 18.7 Å². The van der Waals surface area contributed by atoms with E-state index in [1.807, 2.05) is 6.92 Å². The number of phenolic OH excluding ortho intramolecular Hbond substituents is 1. The number of hydrogen-bond acceptors (Lipinski definition) is 2. The first-order chi connectivity index (χ1) is 7.60. The maximum Gasteiger partial charge on any atom is 0.254 e. The number of phenols is 1. The second-order valence-corrected chi connectivity index (χ2v) is 3.52. The topological polar surface area (TPSA) is 40.5 Å². The molecule has 0 saturated heterocycles. The summed E-state index contributed by atoms with van der Waals surface area (Å²) >= 11 is 0. The maximum absolute atomic E-state index is 12.0. The van der Waals surface area contributed by atoms with Gasteiger partial charge in [0.15, 0.2) is 0 Å². The smallest absolute Gasteiger partial charge is 0.254 e. The van der Waals surface area contributed by atoms with Gasteiger partial charge >= 0.3 is 0 Å². The average molecular weight is 217 g/mol. The van der Waals surface area contributed by atoms with Crippen LogP contribution in [0.3, 0.4) is 0 Å². The number of aromatic hydroxyl groups is 1. The molecule has 0 saturated carbocycles. The summed E-state index contributed by atoms with van der Waals surface area (Å²) in [5.74, 6) is 2.52. The van der Waals surface area contributed by atoms with Crippen LogP contribution in [0.5, 0.6) is 5.75 Å². The molecular formula is C13H15NO2. The second-order valence-electron chi connectivity index (χ2n) is 3.52. The van der Waals surface area contributed by atoms with E-state index in [1.54, 1.807) is 24.0 Å². The molecule has 0 atom stereocenters. The van der Waals surface area contributed by atoms with Gasteiger partial charge in [0, 0.05) is 12.1 Å². The highest BCUT2D eigenvalue weighted by molar-refractivity contribution is 5.95. The average Bonchev–Trinajstić information content (AvgIpc) is 2.25. The van der Waals surface area contributed by atoms with Crippen molar-refractivity contribution in [1.82, 2.24) is 4.90 Å². The van der Waals surface area contributed by atoms with E-state index in [4.69, 9.17) is 6.42 Å². The molecule has 1 aromatic carbocycles. The Hall–Kier alpha value is -1.95. The predicted octanol–water partition coefficient (Wildman–Crippen LogP) is 1.80. The van der Waals surface area contributed by atoms with Crippen LogP contribution in [0.25, 0.3) is 0 Å². The molecule has 0 heterocycles. The van der Waals surface area contributed by atoms with E-state index in [0.717, 1.165) is 5.56 Å². The van der Waals surface area contributed by atoms with Crippen molar-refractivity contribution in [2.24, 2.45) is 0 Å². The highest BCUT2D eigenvalue weighted by Crippen LogP contribution is 2.17. The van der Waals surface area contributed by atoms with E-state index in [9.17, 15) is 9.90 Å². The fourth-order valence-corrected chi connectivity index (χ4v) is 1.50. The normalized spacial score (nSPS) is 9.56. The highest BCUT2D eigenvalue weighted by Gasteiger charge is 2.15. The lowest BCUT2D eigenvalue weighted by Crippen LogP contribution is -2.31. The first-order valence-electron chi connectivity index (χ1n) is 5.12. The summed E-state index contributed by atoms with van der Waals surface area (Å²) in [5.41, 5.74) is 1.33. The monoisotopic (exact) mass is 217 g/mol. The number of terminal acetylenes is 1. The van der Waals surface area contributed by atoms with Crippen molar-refractivity contribution in [3.63, 3.8) is 0 Å². The van der Waals surface area contributed by atoms with E-state index in [-0.39, 0.29) is 11.7 Å². The van der Waals surface area contributed by atoms with Crippen LogP contribution in [0.2, 0.25) is 0 Å². The molecule has 3 heteroatoms. The summed E-state index contributed by atoms with van der Waals surface area (Å²) < 4.78 is 0. The van der Waals surface area contributed by atoms with Gasteiger partial charge in [0.05, 0.1) is 6.54 Å². The molecule has 0 fully saturated rings. The van der Waals surface area contributed by atoms with Gasteiger partial charge < -0.3 is 10.0 Å². The first kappa shape index (κ1) is 12.1. The molecule has 0 spiro atoms. The Morgan fingerprint density at radius 1 is 1.56 bits per heavy atom. The maximum atomic E-state index is 12.0. The molecule has 1 aromatic rings. The van der Waals surface area contributed by atoms with Crippen molar-refractivity contribution in [1.29, 1.82) is 0 Å². The van der Waals surface area contributed by atoms with Gasteiger partial charge in [0.25, 0.3) is 5.91 Å². The third-order valence-corrected chi connectivity index (χ3v) is 2.39. The highest BCUT2D eigenvalue weighted by atomic mass is 16.3. The zero-order valence-corrected chi connectivity index (χ0v) is 9.53. The Morgan fingerprint density at radius 3 is 2.75 bits per heavy atom. The standard InChI is InChI=1S/C13H15NO2/c1-4-8-14(5-2)13(16)12-7-6-11(15)9-10(12)3/h1,6-7,9,15H,5,8H2,2-3H3. The van der Waals surface area contributed by atoms with Gasteiger partial charge in [-0.25, -0.2) is 0 Å². The predicted molar refractivity (Wildman–Crippen MR) is 63.3 cm³/mol. The van der Waals surface area contributed by atoms with Crippen molar-refractivity contribution >= 4 is 5.91 Å². The van der Waals surface area contributed by atoms with Gasteiger partial charge in [-0.3, -0.25) is 4.79 Å². The zero-order chi connectivity index (χ0) is 12.1. The minimum absolute atomic E-state index is 0.0991. The fourth-order valence-electron chi connectivity index (χ4n) is 1.50. The van der Waals surface area contributed by atoms with Gasteiger partial charge in [-0.2, -0.15) is 0 Å². The van der Waals surface area contributed by atoms with E-state index in [1.165, 1.54) is 6.07 Å². The van der Waals surface area contributed by atoms with Crippen molar-refractivity contribution < 1.29 is 9.90 Å². The molecule has 0 aliphatic heterocycles. The van der Waals surface area contributed by atoms with E-state index < -0.39 is 0 Å². The van der Waals surface area contributed by atoms with Crippen LogP contribution in [-0.2, 0) is 0 Å². The lowest BCUT2D eigenvalue weighted by molar-refractivity contribution is 0.0784. The van der Waals surface area contributed by atoms with Gasteiger partial charge in [-0.15, -0.1) is 6.42 Å². The Balaban J connectivity index is 3.00. The number of rotatable bonds is 3. The van der Waals surface area contributed by atoms with Crippen LogP contribution >= 0.6 is 0 Å². The first-order valence-corrected chi connectivity index (χ1v) is 5.12. The number of nitrogens with zero attached hydrogens (tertiary/aromatic N) is 1. The van der Waals surface area contributed by atoms with Crippen molar-refractivity contribution in [3.05, 3.63) is 29.3 Å². The van der Waals surface area contributed by atoms with Crippen LogP contribution in [0, 0.1) is 19.3 Å². The largest absolute Gasteiger partial charge is 0.508 e. The summed E-state index contributed by atoms with van der Waals surface area (Å²) in [6.07, 6.45) is 5.20. The summed E-state index contributed by atoms with van der Waals surface area (Å²) in [7, 11) is 0.